The van der Waals surface area contributed by atoms with Gasteiger partial charge < -0.3 is 10.1 Å². The molecule has 0 saturated carbocycles. The molecule has 2 aromatic carbocycles. The van der Waals surface area contributed by atoms with Gasteiger partial charge in [0.25, 0.3) is 10.0 Å². The van der Waals surface area contributed by atoms with Crippen molar-refractivity contribution < 1.29 is 35.5 Å². The number of benzene rings is 2. The summed E-state index contributed by atoms with van der Waals surface area (Å²) in [5.74, 6) is -2.78. The van der Waals surface area contributed by atoms with Crippen LogP contribution in [0.1, 0.15) is 6.92 Å². The SMILES string of the molecule is CC1NNC(S(=O)(=O)Nc2ccc(F)cc2)C1C(=O)Nc1ccc(OC(F)(F)F)cc1. The van der Waals surface area contributed by atoms with E-state index in [1.807, 2.05) is 0 Å². The predicted octanol–water partition coefficient (Wildman–Crippen LogP) is 2.54. The van der Waals surface area contributed by atoms with E-state index in [9.17, 15) is 30.8 Å². The maximum absolute atomic E-state index is 13.0. The van der Waals surface area contributed by atoms with Crippen molar-refractivity contribution >= 4 is 27.3 Å². The Morgan fingerprint density at radius 1 is 1.00 bits per heavy atom. The summed E-state index contributed by atoms with van der Waals surface area (Å²) in [6, 6.07) is 8.46. The second-order valence-electron chi connectivity index (χ2n) is 6.74. The number of anilines is 2. The van der Waals surface area contributed by atoms with Crippen molar-refractivity contribution in [3.63, 3.8) is 0 Å². The summed E-state index contributed by atoms with van der Waals surface area (Å²) in [6.07, 6.45) is -4.85. The first-order valence-corrected chi connectivity index (χ1v) is 10.4. The predicted molar refractivity (Wildman–Crippen MR) is 104 cm³/mol. The highest BCUT2D eigenvalue weighted by Gasteiger charge is 2.46. The lowest BCUT2D eigenvalue weighted by molar-refractivity contribution is -0.274. The molecule has 31 heavy (non-hydrogen) atoms. The quantitative estimate of drug-likeness (QED) is 0.492. The zero-order valence-corrected chi connectivity index (χ0v) is 16.7. The zero-order valence-electron chi connectivity index (χ0n) is 15.9. The number of amides is 1. The summed E-state index contributed by atoms with van der Waals surface area (Å²) < 4.78 is 81.3. The van der Waals surface area contributed by atoms with Crippen molar-refractivity contribution in [3.05, 3.63) is 54.3 Å². The van der Waals surface area contributed by atoms with Gasteiger partial charge in [-0.15, -0.1) is 13.2 Å². The van der Waals surface area contributed by atoms with Crippen molar-refractivity contribution in [2.24, 2.45) is 5.92 Å². The summed E-state index contributed by atoms with van der Waals surface area (Å²) >= 11 is 0. The molecule has 2 aromatic rings. The van der Waals surface area contributed by atoms with Crippen LogP contribution in [0.3, 0.4) is 0 Å². The number of carbonyl (C=O) groups is 1. The average molecular weight is 462 g/mol. The normalized spacial score (nSPS) is 21.5. The van der Waals surface area contributed by atoms with Gasteiger partial charge in [0, 0.05) is 17.4 Å². The molecular weight excluding hydrogens is 444 g/mol. The molecule has 1 amide bonds. The molecule has 1 fully saturated rings. The molecule has 8 nitrogen and oxygen atoms in total. The Morgan fingerprint density at radius 2 is 1.58 bits per heavy atom. The highest BCUT2D eigenvalue weighted by Crippen LogP contribution is 2.26. The summed E-state index contributed by atoms with van der Waals surface area (Å²) in [7, 11) is -4.12. The second-order valence-corrected chi connectivity index (χ2v) is 8.54. The third-order valence-corrected chi connectivity index (χ3v) is 6.01. The van der Waals surface area contributed by atoms with Crippen LogP contribution in [0, 0.1) is 11.7 Å². The third-order valence-electron chi connectivity index (χ3n) is 4.41. The van der Waals surface area contributed by atoms with Crippen LogP contribution in [0.2, 0.25) is 0 Å². The number of carbonyl (C=O) groups excluding carboxylic acids is 1. The molecule has 4 N–H and O–H groups in total. The van der Waals surface area contributed by atoms with Crippen molar-refractivity contribution in [2.75, 3.05) is 10.0 Å². The van der Waals surface area contributed by atoms with Crippen molar-refractivity contribution in [2.45, 2.75) is 24.7 Å². The minimum Gasteiger partial charge on any atom is -0.406 e. The van der Waals surface area contributed by atoms with E-state index in [4.69, 9.17) is 0 Å². The van der Waals surface area contributed by atoms with Gasteiger partial charge in [-0.25, -0.2) is 18.2 Å². The highest BCUT2D eigenvalue weighted by atomic mass is 32.2. The van der Waals surface area contributed by atoms with Crippen molar-refractivity contribution in [3.8, 4) is 5.75 Å². The number of nitrogens with one attached hydrogen (secondary N) is 4. The number of rotatable bonds is 6. The van der Waals surface area contributed by atoms with E-state index in [0.717, 1.165) is 24.3 Å². The number of hydrogen-bond acceptors (Lipinski definition) is 6. The maximum Gasteiger partial charge on any atom is 0.573 e. The largest absolute Gasteiger partial charge is 0.573 e. The molecule has 1 heterocycles. The number of sulfonamides is 1. The van der Waals surface area contributed by atoms with Crippen LogP contribution in [0.4, 0.5) is 28.9 Å². The minimum absolute atomic E-state index is 0.113. The minimum atomic E-state index is -4.85. The first-order valence-electron chi connectivity index (χ1n) is 8.89. The van der Waals surface area contributed by atoms with E-state index >= 15 is 0 Å². The van der Waals surface area contributed by atoms with Gasteiger partial charge in [0.05, 0.1) is 5.92 Å². The number of halogens is 4. The number of ether oxygens (including phenoxy) is 1. The van der Waals surface area contributed by atoms with Crippen LogP contribution in [0.25, 0.3) is 0 Å². The number of hydrazine groups is 1. The molecule has 1 aliphatic rings. The van der Waals surface area contributed by atoms with E-state index in [1.165, 1.54) is 24.3 Å². The molecule has 3 atom stereocenters. The van der Waals surface area contributed by atoms with Crippen LogP contribution < -0.4 is 25.6 Å². The van der Waals surface area contributed by atoms with Gasteiger partial charge in [0.1, 0.15) is 11.6 Å². The van der Waals surface area contributed by atoms with E-state index in [-0.39, 0.29) is 11.4 Å². The van der Waals surface area contributed by atoms with Gasteiger partial charge in [-0.2, -0.15) is 0 Å². The van der Waals surface area contributed by atoms with Crippen LogP contribution in [-0.4, -0.2) is 32.1 Å². The lowest BCUT2D eigenvalue weighted by atomic mass is 10.0. The molecule has 0 spiro atoms. The van der Waals surface area contributed by atoms with Gasteiger partial charge in [-0.3, -0.25) is 14.9 Å². The molecule has 3 unspecified atom stereocenters. The first kappa shape index (κ1) is 22.8. The Morgan fingerprint density at radius 3 is 2.16 bits per heavy atom. The molecule has 0 aromatic heterocycles. The van der Waals surface area contributed by atoms with E-state index in [1.54, 1.807) is 6.92 Å². The molecule has 1 saturated heterocycles. The van der Waals surface area contributed by atoms with Gasteiger partial charge in [-0.1, -0.05) is 0 Å². The Hall–Kier alpha value is -2.90. The van der Waals surface area contributed by atoms with Crippen LogP contribution in [0.5, 0.6) is 5.75 Å². The van der Waals surface area contributed by atoms with E-state index < -0.39 is 51.2 Å². The van der Waals surface area contributed by atoms with Gasteiger partial charge in [-0.05, 0) is 55.5 Å². The number of hydrogen-bond donors (Lipinski definition) is 4. The summed E-state index contributed by atoms with van der Waals surface area (Å²) in [5, 5.41) is 1.11. The molecule has 3 rings (SSSR count). The molecule has 13 heteroatoms. The van der Waals surface area contributed by atoms with Gasteiger partial charge in [0.2, 0.25) is 5.91 Å². The number of alkyl halides is 3. The third kappa shape index (κ3) is 5.83. The average Bonchev–Trinajstić information content (AvgIpc) is 3.06. The fraction of sp³-hybridized carbons (Fsp3) is 0.278. The molecule has 0 bridgehead atoms. The van der Waals surface area contributed by atoms with Crippen LogP contribution >= 0.6 is 0 Å². The van der Waals surface area contributed by atoms with E-state index in [2.05, 4.69) is 25.6 Å². The van der Waals surface area contributed by atoms with E-state index in [0.29, 0.717) is 0 Å². The summed E-state index contributed by atoms with van der Waals surface area (Å²) in [6.45, 7) is 1.59. The van der Waals surface area contributed by atoms with Crippen molar-refractivity contribution in [1.82, 2.24) is 10.9 Å². The maximum atomic E-state index is 13.0. The lowest BCUT2D eigenvalue weighted by Crippen LogP contribution is -2.45. The summed E-state index contributed by atoms with van der Waals surface area (Å²) in [5.41, 5.74) is 5.50. The van der Waals surface area contributed by atoms with Crippen LogP contribution in [0.15, 0.2) is 48.5 Å². The van der Waals surface area contributed by atoms with Crippen molar-refractivity contribution in [1.29, 1.82) is 0 Å². The fourth-order valence-corrected chi connectivity index (χ4v) is 4.56. The zero-order chi connectivity index (χ0) is 22.8. The fourth-order valence-electron chi connectivity index (χ4n) is 3.00. The molecular formula is C18H18F4N4O4S. The Bertz CT molecular complexity index is 1030. The molecule has 0 aliphatic carbocycles. The lowest BCUT2D eigenvalue weighted by Gasteiger charge is -2.21. The second kappa shape index (κ2) is 8.69. The standard InChI is InChI=1S/C18H18F4N4O4S/c1-10-15(16(27)23-12-6-8-14(9-7-12)30-18(20,21)22)17(25-24-10)31(28,29)26-13-4-2-11(19)3-5-13/h2-10,15,17,24-26H,1H3,(H,23,27). The van der Waals surface area contributed by atoms with Gasteiger partial charge in [0.15, 0.2) is 5.37 Å². The molecule has 0 radical (unpaired) electrons. The first-order chi connectivity index (χ1) is 14.4. The Labute approximate surface area is 175 Å². The Kier molecular flexibility index (Phi) is 6.38. The highest BCUT2D eigenvalue weighted by molar-refractivity contribution is 7.93. The summed E-state index contributed by atoms with van der Waals surface area (Å²) in [4.78, 5) is 12.7. The smallest absolute Gasteiger partial charge is 0.406 e. The van der Waals surface area contributed by atoms with Gasteiger partial charge >= 0.3 is 6.36 Å². The topological polar surface area (TPSA) is 109 Å². The van der Waals surface area contributed by atoms with Crippen LogP contribution in [-0.2, 0) is 14.8 Å². The monoisotopic (exact) mass is 462 g/mol. The Balaban J connectivity index is 1.72. The molecule has 1 aliphatic heterocycles. The molecule has 168 valence electrons.